The van der Waals surface area contributed by atoms with Crippen LogP contribution < -0.4 is 10.5 Å². The van der Waals surface area contributed by atoms with E-state index >= 15 is 0 Å². The second kappa shape index (κ2) is 7.47. The molecule has 0 aliphatic rings. The molecule has 0 aliphatic heterocycles. The van der Waals surface area contributed by atoms with Crippen LogP contribution in [0.3, 0.4) is 0 Å². The third kappa shape index (κ3) is 4.48. The van der Waals surface area contributed by atoms with Gasteiger partial charge in [-0.05, 0) is 12.0 Å². The van der Waals surface area contributed by atoms with E-state index in [1.54, 1.807) is 18.2 Å². The second-order valence-corrected chi connectivity index (χ2v) is 7.27. The summed E-state index contributed by atoms with van der Waals surface area (Å²) in [5.41, 5.74) is 5.94. The van der Waals surface area contributed by atoms with Gasteiger partial charge in [-0.2, -0.15) is 39.5 Å². The highest BCUT2D eigenvalue weighted by molar-refractivity contribution is 7.90. The minimum atomic E-state index is -7.30. The lowest BCUT2D eigenvalue weighted by molar-refractivity contribution is -0.382. The number of sulfonamides is 1. The van der Waals surface area contributed by atoms with Crippen molar-refractivity contribution < 1.29 is 47.9 Å². The largest absolute Gasteiger partial charge is 0.460 e. The number of nitrogens with one attached hydrogen (secondary N) is 1. The third-order valence-corrected chi connectivity index (χ3v) is 4.81. The van der Waals surface area contributed by atoms with E-state index < -0.39 is 45.9 Å². The maximum absolute atomic E-state index is 13.5. The average molecular weight is 432 g/mol. The molecule has 0 aromatic heterocycles. The van der Waals surface area contributed by atoms with Gasteiger partial charge in [0.2, 0.25) is 0 Å². The first-order chi connectivity index (χ1) is 12.0. The van der Waals surface area contributed by atoms with Gasteiger partial charge in [-0.3, -0.25) is 0 Å². The summed E-state index contributed by atoms with van der Waals surface area (Å²) < 4.78 is 138. The summed E-state index contributed by atoms with van der Waals surface area (Å²) in [5.74, 6) is -14.6. The lowest BCUT2D eigenvalue weighted by atomic mass is 10.1. The molecule has 0 spiro atoms. The van der Waals surface area contributed by atoms with E-state index in [1.807, 2.05) is 0 Å². The molecule has 0 saturated carbocycles. The van der Waals surface area contributed by atoms with Gasteiger partial charge in [-0.15, -0.1) is 0 Å². The van der Waals surface area contributed by atoms with Gasteiger partial charge in [-0.1, -0.05) is 30.3 Å². The summed E-state index contributed by atoms with van der Waals surface area (Å²) in [7, 11) is -6.64. The molecule has 0 fully saturated rings. The van der Waals surface area contributed by atoms with E-state index in [0.717, 1.165) is 4.72 Å². The SMILES string of the molecule is N[C@H](CNS(=O)(=O)C(F)(F)C(F)(F)C(F)(F)C(F)(F)F)Cc1ccccc1. The maximum Gasteiger partial charge on any atom is 0.460 e. The molecule has 1 aromatic rings. The summed E-state index contributed by atoms with van der Waals surface area (Å²) in [5, 5.41) is -6.77. The second-order valence-electron chi connectivity index (χ2n) is 5.47. The van der Waals surface area contributed by atoms with E-state index in [-0.39, 0.29) is 6.42 Å². The molecule has 27 heavy (non-hydrogen) atoms. The van der Waals surface area contributed by atoms with Crippen molar-refractivity contribution in [1.29, 1.82) is 0 Å². The molecular weight excluding hydrogens is 419 g/mol. The zero-order valence-electron chi connectivity index (χ0n) is 13.1. The quantitative estimate of drug-likeness (QED) is 0.621. The summed E-state index contributed by atoms with van der Waals surface area (Å²) >= 11 is 0. The Labute approximate surface area is 147 Å². The van der Waals surface area contributed by atoms with Gasteiger partial charge in [0.1, 0.15) is 0 Å². The third-order valence-electron chi connectivity index (χ3n) is 3.33. The molecule has 1 rings (SSSR count). The predicted molar refractivity (Wildman–Crippen MR) is 75.9 cm³/mol. The van der Waals surface area contributed by atoms with Crippen LogP contribution in [0.1, 0.15) is 5.56 Å². The number of hydrogen-bond acceptors (Lipinski definition) is 3. The minimum absolute atomic E-state index is 0.121. The Hall–Kier alpha value is -1.54. The van der Waals surface area contributed by atoms with Crippen LogP contribution in [0.2, 0.25) is 0 Å². The van der Waals surface area contributed by atoms with Gasteiger partial charge in [0.15, 0.2) is 0 Å². The Kier molecular flexibility index (Phi) is 6.50. The Morgan fingerprint density at radius 2 is 1.37 bits per heavy atom. The first-order valence-corrected chi connectivity index (χ1v) is 8.44. The number of alkyl halides is 9. The molecule has 0 bridgehead atoms. The van der Waals surface area contributed by atoms with Crippen LogP contribution in [0.25, 0.3) is 0 Å². The summed E-state index contributed by atoms with van der Waals surface area (Å²) in [6.07, 6.45) is -7.23. The molecule has 156 valence electrons. The smallest absolute Gasteiger partial charge is 0.326 e. The van der Waals surface area contributed by atoms with Gasteiger partial charge >= 0.3 is 23.3 Å². The highest BCUT2D eigenvalue weighted by Crippen LogP contribution is 2.54. The fourth-order valence-corrected chi connectivity index (χ4v) is 2.91. The van der Waals surface area contributed by atoms with Crippen molar-refractivity contribution in [3.63, 3.8) is 0 Å². The fraction of sp³-hybridized carbons (Fsp3) is 0.538. The number of nitrogens with two attached hydrogens (primary N) is 1. The molecule has 0 unspecified atom stereocenters. The van der Waals surface area contributed by atoms with Crippen LogP contribution in [-0.4, -0.2) is 44.3 Å². The molecule has 4 nitrogen and oxygen atoms in total. The molecule has 14 heteroatoms. The van der Waals surface area contributed by atoms with Crippen LogP contribution >= 0.6 is 0 Å². The monoisotopic (exact) mass is 432 g/mol. The van der Waals surface area contributed by atoms with Crippen LogP contribution in [0.4, 0.5) is 39.5 Å². The number of halogens is 9. The Morgan fingerprint density at radius 3 is 1.81 bits per heavy atom. The van der Waals surface area contributed by atoms with E-state index in [9.17, 15) is 47.9 Å². The minimum Gasteiger partial charge on any atom is -0.326 e. The van der Waals surface area contributed by atoms with Crippen LogP contribution in [0, 0.1) is 0 Å². The highest BCUT2D eigenvalue weighted by atomic mass is 32.2. The van der Waals surface area contributed by atoms with Gasteiger partial charge in [-0.25, -0.2) is 13.1 Å². The fourth-order valence-electron chi connectivity index (χ4n) is 1.83. The van der Waals surface area contributed by atoms with Gasteiger partial charge in [0, 0.05) is 12.6 Å². The van der Waals surface area contributed by atoms with Crippen LogP contribution in [0.5, 0.6) is 0 Å². The molecular formula is C13H13F9N2O2S. The molecule has 0 heterocycles. The van der Waals surface area contributed by atoms with Crippen molar-refractivity contribution >= 4 is 10.0 Å². The maximum atomic E-state index is 13.5. The van der Waals surface area contributed by atoms with Crippen molar-refractivity contribution in [2.45, 2.75) is 35.7 Å². The van der Waals surface area contributed by atoms with Crippen molar-refractivity contribution in [1.82, 2.24) is 4.72 Å². The number of rotatable bonds is 8. The molecule has 0 amide bonds. The van der Waals surface area contributed by atoms with Gasteiger partial charge in [0.05, 0.1) is 0 Å². The van der Waals surface area contributed by atoms with Crippen molar-refractivity contribution in [3.8, 4) is 0 Å². The topological polar surface area (TPSA) is 72.2 Å². The lowest BCUT2D eigenvalue weighted by Gasteiger charge is -2.33. The van der Waals surface area contributed by atoms with Gasteiger partial charge in [0.25, 0.3) is 10.0 Å². The molecule has 1 aromatic carbocycles. The zero-order valence-corrected chi connectivity index (χ0v) is 13.9. The molecule has 0 aliphatic carbocycles. The van der Waals surface area contributed by atoms with Crippen molar-refractivity contribution in [3.05, 3.63) is 35.9 Å². The van der Waals surface area contributed by atoms with E-state index in [2.05, 4.69) is 0 Å². The zero-order chi connectivity index (χ0) is 21.3. The summed E-state index contributed by atoms with van der Waals surface area (Å²) in [6, 6.07) is 6.50. The van der Waals surface area contributed by atoms with Crippen molar-refractivity contribution in [2.24, 2.45) is 5.73 Å². The predicted octanol–water partition coefficient (Wildman–Crippen LogP) is 2.90. The standard InChI is InChI=1S/C13H13F9N2O2S/c14-10(15,12(18,19)20)11(16,17)13(21,22)27(25,26)24-7-9(23)6-8-4-2-1-3-5-8/h1-5,9,24H,6-7,23H2/t9-/m0/s1. The first-order valence-electron chi connectivity index (χ1n) is 6.96. The molecule has 0 saturated heterocycles. The number of benzene rings is 1. The molecule has 3 N–H and O–H groups in total. The van der Waals surface area contributed by atoms with Crippen LogP contribution in [0.15, 0.2) is 30.3 Å². The molecule has 0 radical (unpaired) electrons. The summed E-state index contributed by atoms with van der Waals surface area (Å²) in [4.78, 5) is 0. The lowest BCUT2D eigenvalue weighted by Crippen LogP contribution is -2.65. The number of hydrogen-bond donors (Lipinski definition) is 2. The molecule has 1 atom stereocenters. The summed E-state index contributed by atoms with van der Waals surface area (Å²) in [6.45, 7) is -1.11. The van der Waals surface area contributed by atoms with Crippen LogP contribution in [-0.2, 0) is 16.4 Å². The normalized spacial score (nSPS) is 15.6. The van der Waals surface area contributed by atoms with Gasteiger partial charge < -0.3 is 5.73 Å². The first kappa shape index (κ1) is 23.5. The van der Waals surface area contributed by atoms with E-state index in [1.165, 1.54) is 12.1 Å². The van der Waals surface area contributed by atoms with E-state index in [0.29, 0.717) is 5.56 Å². The highest BCUT2D eigenvalue weighted by Gasteiger charge is 2.85. The van der Waals surface area contributed by atoms with Crippen molar-refractivity contribution in [2.75, 3.05) is 6.54 Å². The Morgan fingerprint density at radius 1 is 0.889 bits per heavy atom. The van der Waals surface area contributed by atoms with E-state index in [4.69, 9.17) is 5.73 Å². The Balaban J connectivity index is 2.97. The Bertz CT molecular complexity index is 736. The average Bonchev–Trinajstić information content (AvgIpc) is 2.52.